The number of carbonyl (C=O) groups excluding carboxylic acids is 1. The highest BCUT2D eigenvalue weighted by Gasteiger charge is 2.14. The molecule has 2 aromatic carbocycles. The average Bonchev–Trinajstić information content (AvgIpc) is 3.57. The molecule has 0 aliphatic heterocycles. The van der Waals surface area contributed by atoms with Crippen LogP contribution in [-0.4, -0.2) is 30.5 Å². The molecule has 3 heterocycles. The number of hydrogen-bond acceptors (Lipinski definition) is 5. The second-order valence-electron chi connectivity index (χ2n) is 6.90. The molecule has 0 bridgehead atoms. The molecule has 0 saturated carbocycles. The van der Waals surface area contributed by atoms with Crippen LogP contribution in [0.1, 0.15) is 16.1 Å². The highest BCUT2D eigenvalue weighted by atomic mass is 32.1. The van der Waals surface area contributed by atoms with Crippen LogP contribution in [-0.2, 0) is 6.54 Å². The van der Waals surface area contributed by atoms with Gasteiger partial charge in [0.1, 0.15) is 10.7 Å². The van der Waals surface area contributed by atoms with Crippen molar-refractivity contribution in [3.05, 3.63) is 102 Å². The zero-order chi connectivity index (χ0) is 21.0. The molecule has 0 radical (unpaired) electrons. The van der Waals surface area contributed by atoms with Gasteiger partial charge in [0.25, 0.3) is 5.91 Å². The van der Waals surface area contributed by atoms with E-state index in [9.17, 15) is 4.79 Å². The van der Waals surface area contributed by atoms with Crippen LogP contribution in [0.15, 0.2) is 90.8 Å². The van der Waals surface area contributed by atoms with Gasteiger partial charge in [-0.1, -0.05) is 30.3 Å². The van der Waals surface area contributed by atoms with Gasteiger partial charge in [-0.3, -0.25) is 9.48 Å². The minimum absolute atomic E-state index is 0.238. The molecule has 0 atom stereocenters. The van der Waals surface area contributed by atoms with Gasteiger partial charge in [-0.2, -0.15) is 10.2 Å². The maximum atomic E-state index is 12.6. The fourth-order valence-corrected chi connectivity index (χ4v) is 3.91. The number of nitrogens with one attached hydrogen (secondary N) is 1. The SMILES string of the molecule is O=C(Nc1ccc(Cn2cccn2)cc1)c1csc(-c2cnn(-c3ccccc3)c2)n1. The number of amides is 1. The number of hydrogen-bond donors (Lipinski definition) is 1. The van der Waals surface area contributed by atoms with Crippen LogP contribution in [0.4, 0.5) is 5.69 Å². The third-order valence-electron chi connectivity index (χ3n) is 4.70. The Labute approximate surface area is 182 Å². The Morgan fingerprint density at radius 2 is 1.84 bits per heavy atom. The van der Waals surface area contributed by atoms with E-state index in [1.165, 1.54) is 11.3 Å². The van der Waals surface area contributed by atoms with Gasteiger partial charge >= 0.3 is 0 Å². The third kappa shape index (κ3) is 4.29. The second-order valence-corrected chi connectivity index (χ2v) is 7.76. The number of rotatable bonds is 6. The molecule has 0 saturated heterocycles. The van der Waals surface area contributed by atoms with Crippen LogP contribution in [0.2, 0.25) is 0 Å². The molecule has 8 heteroatoms. The fourth-order valence-electron chi connectivity index (χ4n) is 3.14. The smallest absolute Gasteiger partial charge is 0.275 e. The zero-order valence-corrected chi connectivity index (χ0v) is 17.2. The molecule has 0 aliphatic carbocycles. The molecule has 152 valence electrons. The Balaban J connectivity index is 1.26. The summed E-state index contributed by atoms with van der Waals surface area (Å²) in [6.45, 7) is 0.688. The molecule has 0 aliphatic rings. The summed E-state index contributed by atoms with van der Waals surface area (Å²) in [5.41, 5.74) is 4.05. The minimum atomic E-state index is -0.238. The maximum absolute atomic E-state index is 12.6. The summed E-state index contributed by atoms with van der Waals surface area (Å²) in [5.74, 6) is -0.238. The lowest BCUT2D eigenvalue weighted by atomic mass is 10.2. The predicted molar refractivity (Wildman–Crippen MR) is 120 cm³/mol. The molecule has 0 fully saturated rings. The van der Waals surface area contributed by atoms with Crippen LogP contribution >= 0.6 is 11.3 Å². The van der Waals surface area contributed by atoms with Gasteiger partial charge in [-0.15, -0.1) is 11.3 Å². The Kier molecular flexibility index (Phi) is 5.12. The molecular weight excluding hydrogens is 408 g/mol. The van der Waals surface area contributed by atoms with Gasteiger partial charge in [0.05, 0.1) is 18.4 Å². The second kappa shape index (κ2) is 8.37. The van der Waals surface area contributed by atoms with Crippen LogP contribution < -0.4 is 5.32 Å². The molecule has 1 N–H and O–H groups in total. The van der Waals surface area contributed by atoms with E-state index in [0.717, 1.165) is 27.5 Å². The van der Waals surface area contributed by atoms with E-state index in [0.29, 0.717) is 12.2 Å². The van der Waals surface area contributed by atoms with Gasteiger partial charge in [0.15, 0.2) is 0 Å². The van der Waals surface area contributed by atoms with Crippen molar-refractivity contribution >= 4 is 22.9 Å². The summed E-state index contributed by atoms with van der Waals surface area (Å²) in [7, 11) is 0. The van der Waals surface area contributed by atoms with Gasteiger partial charge in [-0.05, 0) is 35.9 Å². The first-order valence-electron chi connectivity index (χ1n) is 9.68. The lowest BCUT2D eigenvalue weighted by Gasteiger charge is -2.06. The van der Waals surface area contributed by atoms with Crippen molar-refractivity contribution in [1.29, 1.82) is 0 Å². The zero-order valence-electron chi connectivity index (χ0n) is 16.4. The standard InChI is InChI=1S/C23H18N6OS/c30-22(26-19-9-7-17(8-10-19)14-28-12-4-11-24-28)21-16-31-23(27-21)18-13-25-29(15-18)20-5-2-1-3-6-20/h1-13,15-16H,14H2,(H,26,30). The number of anilines is 1. The van der Waals surface area contributed by atoms with Crippen LogP contribution in [0.25, 0.3) is 16.3 Å². The Morgan fingerprint density at radius 3 is 2.61 bits per heavy atom. The van der Waals surface area contributed by atoms with Gasteiger partial charge in [0, 0.05) is 35.2 Å². The summed E-state index contributed by atoms with van der Waals surface area (Å²) in [6, 6.07) is 19.5. The number of aromatic nitrogens is 5. The van der Waals surface area contributed by atoms with Gasteiger partial charge in [0.2, 0.25) is 0 Å². The van der Waals surface area contributed by atoms with Crippen molar-refractivity contribution in [2.24, 2.45) is 0 Å². The van der Waals surface area contributed by atoms with E-state index < -0.39 is 0 Å². The predicted octanol–water partition coefficient (Wildman–Crippen LogP) is 4.49. The van der Waals surface area contributed by atoms with Gasteiger partial charge < -0.3 is 5.32 Å². The minimum Gasteiger partial charge on any atom is -0.321 e. The van der Waals surface area contributed by atoms with Crippen molar-refractivity contribution in [2.45, 2.75) is 6.54 Å². The van der Waals surface area contributed by atoms with Crippen LogP contribution in [0, 0.1) is 0 Å². The van der Waals surface area contributed by atoms with E-state index in [4.69, 9.17) is 0 Å². The summed E-state index contributed by atoms with van der Waals surface area (Å²) in [6.07, 6.45) is 7.34. The molecule has 0 spiro atoms. The van der Waals surface area contributed by atoms with E-state index in [1.54, 1.807) is 22.5 Å². The average molecular weight is 427 g/mol. The molecule has 0 unspecified atom stereocenters. The van der Waals surface area contributed by atoms with Gasteiger partial charge in [-0.25, -0.2) is 9.67 Å². The largest absolute Gasteiger partial charge is 0.321 e. The number of thiazole rings is 1. The maximum Gasteiger partial charge on any atom is 0.275 e. The monoisotopic (exact) mass is 426 g/mol. The van der Waals surface area contributed by atoms with Crippen molar-refractivity contribution in [3.63, 3.8) is 0 Å². The summed E-state index contributed by atoms with van der Waals surface area (Å²) >= 11 is 1.42. The normalized spacial score (nSPS) is 10.8. The first kappa shape index (κ1) is 19.0. The molecule has 7 nitrogen and oxygen atoms in total. The van der Waals surface area contributed by atoms with Crippen molar-refractivity contribution in [3.8, 4) is 16.3 Å². The van der Waals surface area contributed by atoms with Crippen LogP contribution in [0.5, 0.6) is 0 Å². The molecule has 1 amide bonds. The highest BCUT2D eigenvalue weighted by Crippen LogP contribution is 2.24. The first-order chi connectivity index (χ1) is 15.2. The van der Waals surface area contributed by atoms with Crippen molar-refractivity contribution < 1.29 is 4.79 Å². The number of para-hydroxylation sites is 1. The Hall–Kier alpha value is -4.04. The van der Waals surface area contributed by atoms with E-state index in [-0.39, 0.29) is 5.91 Å². The lowest BCUT2D eigenvalue weighted by Crippen LogP contribution is -2.12. The topological polar surface area (TPSA) is 77.6 Å². The third-order valence-corrected chi connectivity index (χ3v) is 5.59. The Morgan fingerprint density at radius 1 is 1.00 bits per heavy atom. The molecular formula is C23H18N6OS. The fraction of sp³-hybridized carbons (Fsp3) is 0.0435. The Bertz CT molecular complexity index is 1290. The summed E-state index contributed by atoms with van der Waals surface area (Å²) in [4.78, 5) is 17.1. The summed E-state index contributed by atoms with van der Waals surface area (Å²) in [5, 5.41) is 14.0. The quantitative estimate of drug-likeness (QED) is 0.434. The van der Waals surface area contributed by atoms with Crippen molar-refractivity contribution in [2.75, 3.05) is 5.32 Å². The van der Waals surface area contributed by atoms with Crippen molar-refractivity contribution in [1.82, 2.24) is 24.5 Å². The number of carbonyl (C=O) groups is 1. The molecule has 3 aromatic heterocycles. The molecule has 5 aromatic rings. The van der Waals surface area contributed by atoms with Crippen LogP contribution in [0.3, 0.4) is 0 Å². The van der Waals surface area contributed by atoms with E-state index in [2.05, 4.69) is 20.5 Å². The number of benzene rings is 2. The summed E-state index contributed by atoms with van der Waals surface area (Å²) < 4.78 is 3.64. The molecule has 31 heavy (non-hydrogen) atoms. The molecule has 5 rings (SSSR count). The van der Waals surface area contributed by atoms with E-state index in [1.807, 2.05) is 77.7 Å². The van der Waals surface area contributed by atoms with E-state index >= 15 is 0 Å². The first-order valence-corrected chi connectivity index (χ1v) is 10.6. The number of nitrogens with zero attached hydrogens (tertiary/aromatic N) is 5. The highest BCUT2D eigenvalue weighted by molar-refractivity contribution is 7.13. The lowest BCUT2D eigenvalue weighted by molar-refractivity contribution is 0.102.